The zero-order valence-corrected chi connectivity index (χ0v) is 11.0. The number of hydrogen-bond donors (Lipinski definition) is 1. The standard InChI is InChI=1S/C16H23NO/c1-3-14(10-16-11-18-12-16)4-2-13(1)9-15-5-7-17-8-6-15/h1-4,15-17H,5-12H2. The summed E-state index contributed by atoms with van der Waals surface area (Å²) in [7, 11) is 0. The first-order valence-electron chi connectivity index (χ1n) is 7.26. The van der Waals surface area contributed by atoms with Gasteiger partial charge in [-0.15, -0.1) is 0 Å². The fraction of sp³-hybridized carbons (Fsp3) is 0.625. The molecule has 1 aromatic carbocycles. The van der Waals surface area contributed by atoms with E-state index >= 15 is 0 Å². The van der Waals surface area contributed by atoms with Crippen LogP contribution in [0.2, 0.25) is 0 Å². The summed E-state index contributed by atoms with van der Waals surface area (Å²) >= 11 is 0. The predicted molar refractivity (Wildman–Crippen MR) is 73.8 cm³/mol. The second-order valence-electron chi connectivity index (χ2n) is 5.82. The van der Waals surface area contributed by atoms with Gasteiger partial charge in [0, 0.05) is 5.92 Å². The minimum Gasteiger partial charge on any atom is -0.381 e. The molecular weight excluding hydrogens is 222 g/mol. The van der Waals surface area contributed by atoms with Gasteiger partial charge in [0.1, 0.15) is 0 Å². The monoisotopic (exact) mass is 245 g/mol. The lowest BCUT2D eigenvalue weighted by Crippen LogP contribution is -2.29. The Morgan fingerprint density at radius 3 is 1.94 bits per heavy atom. The SMILES string of the molecule is c1cc(CC2COC2)ccc1CC1CCNCC1. The summed E-state index contributed by atoms with van der Waals surface area (Å²) in [6, 6.07) is 9.29. The fourth-order valence-electron chi connectivity index (χ4n) is 2.97. The highest BCUT2D eigenvalue weighted by Crippen LogP contribution is 2.20. The molecule has 98 valence electrons. The first kappa shape index (κ1) is 12.2. The summed E-state index contributed by atoms with van der Waals surface area (Å²) in [6.07, 6.45) is 5.12. The van der Waals surface area contributed by atoms with E-state index in [2.05, 4.69) is 29.6 Å². The van der Waals surface area contributed by atoms with Crippen molar-refractivity contribution in [3.63, 3.8) is 0 Å². The van der Waals surface area contributed by atoms with Crippen LogP contribution < -0.4 is 5.32 Å². The van der Waals surface area contributed by atoms with Crippen molar-refractivity contribution >= 4 is 0 Å². The molecule has 2 heteroatoms. The molecule has 2 saturated heterocycles. The molecule has 0 saturated carbocycles. The van der Waals surface area contributed by atoms with E-state index in [0.717, 1.165) is 25.0 Å². The average molecular weight is 245 g/mol. The molecule has 3 rings (SSSR count). The number of nitrogens with one attached hydrogen (secondary N) is 1. The fourth-order valence-corrected chi connectivity index (χ4v) is 2.97. The van der Waals surface area contributed by atoms with Crippen molar-refractivity contribution in [2.24, 2.45) is 11.8 Å². The van der Waals surface area contributed by atoms with Crippen LogP contribution in [0.5, 0.6) is 0 Å². The van der Waals surface area contributed by atoms with Crippen molar-refractivity contribution in [3.8, 4) is 0 Å². The van der Waals surface area contributed by atoms with Gasteiger partial charge < -0.3 is 10.1 Å². The van der Waals surface area contributed by atoms with Crippen LogP contribution >= 0.6 is 0 Å². The van der Waals surface area contributed by atoms with Crippen LogP contribution in [0.25, 0.3) is 0 Å². The zero-order valence-electron chi connectivity index (χ0n) is 11.0. The van der Waals surface area contributed by atoms with Gasteiger partial charge in [-0.1, -0.05) is 24.3 Å². The predicted octanol–water partition coefficient (Wildman–Crippen LogP) is 2.42. The van der Waals surface area contributed by atoms with E-state index in [0.29, 0.717) is 0 Å². The summed E-state index contributed by atoms with van der Waals surface area (Å²) in [6.45, 7) is 4.31. The van der Waals surface area contributed by atoms with Crippen molar-refractivity contribution in [2.45, 2.75) is 25.7 Å². The molecule has 1 N–H and O–H groups in total. The normalized spacial score (nSPS) is 21.8. The maximum atomic E-state index is 5.23. The number of ether oxygens (including phenoxy) is 1. The Kier molecular flexibility index (Phi) is 3.96. The molecule has 0 bridgehead atoms. The number of benzene rings is 1. The quantitative estimate of drug-likeness (QED) is 0.879. The molecule has 2 heterocycles. The van der Waals surface area contributed by atoms with Crippen LogP contribution in [0.3, 0.4) is 0 Å². The summed E-state index contributed by atoms with van der Waals surface area (Å²) in [5.74, 6) is 1.65. The molecule has 0 spiro atoms. The smallest absolute Gasteiger partial charge is 0.0519 e. The highest BCUT2D eigenvalue weighted by atomic mass is 16.5. The minimum absolute atomic E-state index is 0.764. The van der Waals surface area contributed by atoms with Crippen LogP contribution in [0, 0.1) is 11.8 Å². The summed E-state index contributed by atoms with van der Waals surface area (Å²) in [5, 5.41) is 3.43. The molecule has 2 nitrogen and oxygen atoms in total. The van der Waals surface area contributed by atoms with Crippen LogP contribution in [0.15, 0.2) is 24.3 Å². The lowest BCUT2D eigenvalue weighted by atomic mass is 9.90. The third-order valence-electron chi connectivity index (χ3n) is 4.24. The molecule has 0 aromatic heterocycles. The van der Waals surface area contributed by atoms with Gasteiger partial charge >= 0.3 is 0 Å². The topological polar surface area (TPSA) is 21.3 Å². The number of rotatable bonds is 4. The molecule has 1 aromatic rings. The molecular formula is C16H23NO. The van der Waals surface area contributed by atoms with Crippen molar-refractivity contribution in [3.05, 3.63) is 35.4 Å². The lowest BCUT2D eigenvalue weighted by Gasteiger charge is -2.26. The minimum atomic E-state index is 0.764. The van der Waals surface area contributed by atoms with Crippen molar-refractivity contribution < 1.29 is 4.74 Å². The average Bonchev–Trinajstić information content (AvgIpc) is 2.37. The van der Waals surface area contributed by atoms with E-state index in [1.54, 1.807) is 0 Å². The van der Waals surface area contributed by atoms with Crippen molar-refractivity contribution in [2.75, 3.05) is 26.3 Å². The van der Waals surface area contributed by atoms with Crippen molar-refractivity contribution in [1.29, 1.82) is 0 Å². The first-order valence-corrected chi connectivity index (χ1v) is 7.26. The largest absolute Gasteiger partial charge is 0.381 e. The Morgan fingerprint density at radius 1 is 0.889 bits per heavy atom. The van der Waals surface area contributed by atoms with E-state index in [1.807, 2.05) is 0 Å². The van der Waals surface area contributed by atoms with Gasteiger partial charge in [-0.25, -0.2) is 0 Å². The third kappa shape index (κ3) is 3.12. The molecule has 0 amide bonds. The molecule has 18 heavy (non-hydrogen) atoms. The molecule has 2 fully saturated rings. The number of hydrogen-bond acceptors (Lipinski definition) is 2. The van der Waals surface area contributed by atoms with Crippen LogP contribution in [0.1, 0.15) is 24.0 Å². The lowest BCUT2D eigenvalue weighted by molar-refractivity contribution is -0.0312. The molecule has 2 aliphatic heterocycles. The Labute approximate surface area is 110 Å². The highest BCUT2D eigenvalue weighted by molar-refractivity contribution is 5.23. The molecule has 0 unspecified atom stereocenters. The number of piperidine rings is 1. The second-order valence-corrected chi connectivity index (χ2v) is 5.82. The Morgan fingerprint density at radius 2 is 1.44 bits per heavy atom. The van der Waals surface area contributed by atoms with E-state index in [-0.39, 0.29) is 0 Å². The van der Waals surface area contributed by atoms with Gasteiger partial charge in [-0.3, -0.25) is 0 Å². The van der Waals surface area contributed by atoms with E-state index in [9.17, 15) is 0 Å². The van der Waals surface area contributed by atoms with Gasteiger partial charge in [0.15, 0.2) is 0 Å². The zero-order chi connectivity index (χ0) is 12.2. The Balaban J connectivity index is 1.52. The van der Waals surface area contributed by atoms with Crippen LogP contribution in [-0.4, -0.2) is 26.3 Å². The first-order chi connectivity index (χ1) is 8.90. The van der Waals surface area contributed by atoms with E-state index < -0.39 is 0 Å². The molecule has 0 aliphatic carbocycles. The van der Waals surface area contributed by atoms with Gasteiger partial charge in [-0.2, -0.15) is 0 Å². The second kappa shape index (κ2) is 5.85. The summed E-state index contributed by atoms with van der Waals surface area (Å²) in [5.41, 5.74) is 2.98. The molecule has 2 aliphatic rings. The Hall–Kier alpha value is -0.860. The Bertz CT molecular complexity index is 363. The van der Waals surface area contributed by atoms with Gasteiger partial charge in [-0.05, 0) is 55.8 Å². The maximum Gasteiger partial charge on any atom is 0.0519 e. The van der Waals surface area contributed by atoms with Gasteiger partial charge in [0.05, 0.1) is 13.2 Å². The van der Waals surface area contributed by atoms with Crippen LogP contribution in [0.4, 0.5) is 0 Å². The van der Waals surface area contributed by atoms with Crippen LogP contribution in [-0.2, 0) is 17.6 Å². The third-order valence-corrected chi connectivity index (χ3v) is 4.24. The van der Waals surface area contributed by atoms with Crippen molar-refractivity contribution in [1.82, 2.24) is 5.32 Å². The van der Waals surface area contributed by atoms with Gasteiger partial charge in [0.25, 0.3) is 0 Å². The van der Waals surface area contributed by atoms with Gasteiger partial charge in [0.2, 0.25) is 0 Å². The highest BCUT2D eigenvalue weighted by Gasteiger charge is 2.18. The van der Waals surface area contributed by atoms with E-state index in [1.165, 1.54) is 49.9 Å². The molecule has 0 radical (unpaired) electrons. The summed E-state index contributed by atoms with van der Waals surface area (Å²) in [4.78, 5) is 0. The van der Waals surface area contributed by atoms with E-state index in [4.69, 9.17) is 4.74 Å². The summed E-state index contributed by atoms with van der Waals surface area (Å²) < 4.78 is 5.23. The molecule has 0 atom stereocenters. The maximum absolute atomic E-state index is 5.23.